The lowest BCUT2D eigenvalue weighted by Crippen LogP contribution is -1.94. The van der Waals surface area contributed by atoms with Gasteiger partial charge in [-0.05, 0) is 6.07 Å². The number of nitrogens with zero attached hydrogens (tertiary/aromatic N) is 2. The van der Waals surface area contributed by atoms with Crippen LogP contribution in [0.5, 0.6) is 5.88 Å². The summed E-state index contributed by atoms with van der Waals surface area (Å²) < 4.78 is 0.610. The van der Waals surface area contributed by atoms with Crippen molar-refractivity contribution in [1.29, 1.82) is 0 Å². The van der Waals surface area contributed by atoms with Crippen molar-refractivity contribution in [1.82, 2.24) is 9.97 Å². The third-order valence-electron chi connectivity index (χ3n) is 2.58. The van der Waals surface area contributed by atoms with Gasteiger partial charge in [0.2, 0.25) is 11.8 Å². The van der Waals surface area contributed by atoms with Gasteiger partial charge in [0.25, 0.3) is 0 Å². The van der Waals surface area contributed by atoms with Gasteiger partial charge in [0.1, 0.15) is 4.70 Å². The number of halogens is 1. The molecule has 90 valence electrons. The Morgan fingerprint density at radius 1 is 1.17 bits per heavy atom. The quantitative estimate of drug-likeness (QED) is 0.716. The summed E-state index contributed by atoms with van der Waals surface area (Å²) in [5.41, 5.74) is 7.90. The first-order valence-corrected chi connectivity index (χ1v) is 6.41. The predicted octanol–water partition coefficient (Wildman–Crippen LogP) is 3.30. The Hall–Kier alpha value is -1.85. The molecule has 0 bridgehead atoms. The summed E-state index contributed by atoms with van der Waals surface area (Å²) in [6.07, 6.45) is 0. The Labute approximate surface area is 112 Å². The van der Waals surface area contributed by atoms with Gasteiger partial charge >= 0.3 is 0 Å². The van der Waals surface area contributed by atoms with E-state index >= 15 is 0 Å². The first kappa shape index (κ1) is 11.3. The smallest absolute Gasteiger partial charge is 0.234 e. The maximum atomic E-state index is 9.73. The van der Waals surface area contributed by atoms with E-state index in [4.69, 9.17) is 17.3 Å². The highest BCUT2D eigenvalue weighted by Gasteiger charge is 2.14. The van der Waals surface area contributed by atoms with E-state index in [2.05, 4.69) is 9.97 Å². The van der Waals surface area contributed by atoms with E-state index in [1.54, 1.807) is 0 Å². The van der Waals surface area contributed by atoms with Crippen LogP contribution in [0, 0.1) is 0 Å². The summed E-state index contributed by atoms with van der Waals surface area (Å²) in [5.74, 6) is -0.0486. The molecule has 18 heavy (non-hydrogen) atoms. The highest BCUT2D eigenvalue weighted by atomic mass is 35.5. The second-order valence-corrected chi connectivity index (χ2v) is 5.00. The second kappa shape index (κ2) is 4.12. The van der Waals surface area contributed by atoms with Crippen molar-refractivity contribution in [3.8, 4) is 17.0 Å². The van der Waals surface area contributed by atoms with Crippen LogP contribution in [0.3, 0.4) is 0 Å². The summed E-state index contributed by atoms with van der Waals surface area (Å²) in [6.45, 7) is 0. The number of benzene rings is 1. The zero-order chi connectivity index (χ0) is 12.7. The van der Waals surface area contributed by atoms with Crippen molar-refractivity contribution in [3.63, 3.8) is 0 Å². The minimum absolute atomic E-state index is 0.0479. The zero-order valence-electron chi connectivity index (χ0n) is 9.09. The number of hydrogen-bond donors (Lipinski definition) is 2. The van der Waals surface area contributed by atoms with Crippen LogP contribution in [0.2, 0.25) is 5.02 Å². The average molecular weight is 278 g/mol. The molecule has 0 unspecified atom stereocenters. The van der Waals surface area contributed by atoms with E-state index in [0.717, 1.165) is 11.1 Å². The molecule has 0 aliphatic carbocycles. The third-order valence-corrected chi connectivity index (χ3v) is 3.87. The van der Waals surface area contributed by atoms with Gasteiger partial charge in [-0.1, -0.05) is 29.8 Å². The van der Waals surface area contributed by atoms with Gasteiger partial charge in [-0.2, -0.15) is 4.98 Å². The number of nitrogens with two attached hydrogens (primary N) is 1. The molecule has 2 aromatic heterocycles. The van der Waals surface area contributed by atoms with Crippen molar-refractivity contribution in [3.05, 3.63) is 34.7 Å². The van der Waals surface area contributed by atoms with E-state index in [1.165, 1.54) is 11.3 Å². The monoisotopic (exact) mass is 277 g/mol. The minimum Gasteiger partial charge on any atom is -0.492 e. The van der Waals surface area contributed by atoms with Crippen LogP contribution in [0.15, 0.2) is 29.6 Å². The molecular formula is C12H8ClN3OS. The standard InChI is InChI=1S/C12H8ClN3OS/c13-8-4-2-1-3-6(8)7-5-18-10-9(7)15-12(14)16-11(10)17/h1-5H,(H3,14,15,16,17). The van der Waals surface area contributed by atoms with Crippen LogP contribution in [-0.2, 0) is 0 Å². The Morgan fingerprint density at radius 2 is 1.94 bits per heavy atom. The minimum atomic E-state index is -0.0965. The molecule has 3 rings (SSSR count). The summed E-state index contributed by atoms with van der Waals surface area (Å²) in [7, 11) is 0. The number of fused-ring (bicyclic) bond motifs is 1. The number of thiophene rings is 1. The molecule has 0 aliphatic rings. The fourth-order valence-corrected chi connectivity index (χ4v) is 2.92. The molecule has 0 aliphatic heterocycles. The molecule has 3 aromatic rings. The molecule has 0 atom stereocenters. The van der Waals surface area contributed by atoms with Crippen molar-refractivity contribution in [2.45, 2.75) is 0 Å². The Bertz CT molecular complexity index is 741. The predicted molar refractivity (Wildman–Crippen MR) is 73.9 cm³/mol. The summed E-state index contributed by atoms with van der Waals surface area (Å²) >= 11 is 7.53. The van der Waals surface area contributed by atoms with Gasteiger partial charge < -0.3 is 10.8 Å². The van der Waals surface area contributed by atoms with Crippen LogP contribution < -0.4 is 5.73 Å². The van der Waals surface area contributed by atoms with Gasteiger partial charge in [0.15, 0.2) is 0 Å². The van der Waals surface area contributed by atoms with Crippen LogP contribution >= 0.6 is 22.9 Å². The van der Waals surface area contributed by atoms with Crippen molar-refractivity contribution >= 4 is 39.1 Å². The van der Waals surface area contributed by atoms with Crippen molar-refractivity contribution in [2.75, 3.05) is 5.73 Å². The number of aromatic hydroxyl groups is 1. The maximum Gasteiger partial charge on any atom is 0.234 e. The van der Waals surface area contributed by atoms with E-state index in [0.29, 0.717) is 15.2 Å². The van der Waals surface area contributed by atoms with E-state index in [9.17, 15) is 5.11 Å². The fraction of sp³-hybridized carbons (Fsp3) is 0. The largest absolute Gasteiger partial charge is 0.492 e. The Kier molecular flexibility index (Phi) is 2.57. The fourth-order valence-electron chi connectivity index (χ4n) is 1.79. The van der Waals surface area contributed by atoms with Crippen molar-refractivity contribution in [2.24, 2.45) is 0 Å². The number of nitrogen functional groups attached to an aromatic ring is 1. The summed E-state index contributed by atoms with van der Waals surface area (Å²) in [5, 5.41) is 12.2. The lowest BCUT2D eigenvalue weighted by Gasteiger charge is -2.02. The molecular weight excluding hydrogens is 270 g/mol. The lowest BCUT2D eigenvalue weighted by atomic mass is 10.1. The Balaban J connectivity index is 2.34. The molecule has 0 radical (unpaired) electrons. The maximum absolute atomic E-state index is 9.73. The molecule has 2 heterocycles. The molecule has 0 amide bonds. The van der Waals surface area contributed by atoms with Gasteiger partial charge in [0, 0.05) is 21.5 Å². The van der Waals surface area contributed by atoms with Gasteiger partial charge in [-0.3, -0.25) is 0 Å². The number of rotatable bonds is 1. The molecule has 3 N–H and O–H groups in total. The number of hydrogen-bond acceptors (Lipinski definition) is 5. The SMILES string of the molecule is Nc1nc(O)c2scc(-c3ccccc3Cl)c2n1. The normalized spacial score (nSPS) is 10.9. The first-order valence-electron chi connectivity index (χ1n) is 5.15. The summed E-state index contributed by atoms with van der Waals surface area (Å²) in [6, 6.07) is 7.47. The molecule has 0 saturated heterocycles. The molecule has 4 nitrogen and oxygen atoms in total. The van der Waals surface area contributed by atoms with Crippen LogP contribution in [-0.4, -0.2) is 15.1 Å². The molecule has 1 aromatic carbocycles. The lowest BCUT2D eigenvalue weighted by molar-refractivity contribution is 0.461. The van der Waals surface area contributed by atoms with Crippen LogP contribution in [0.4, 0.5) is 5.95 Å². The van der Waals surface area contributed by atoms with Gasteiger partial charge in [0.05, 0.1) is 5.52 Å². The highest BCUT2D eigenvalue weighted by molar-refractivity contribution is 7.18. The first-order chi connectivity index (χ1) is 8.66. The molecule has 0 fully saturated rings. The molecule has 0 spiro atoms. The zero-order valence-corrected chi connectivity index (χ0v) is 10.7. The van der Waals surface area contributed by atoms with Crippen LogP contribution in [0.1, 0.15) is 0 Å². The van der Waals surface area contributed by atoms with Crippen LogP contribution in [0.25, 0.3) is 21.3 Å². The van der Waals surface area contributed by atoms with E-state index < -0.39 is 0 Å². The molecule has 6 heteroatoms. The van der Waals surface area contributed by atoms with Gasteiger partial charge in [-0.15, -0.1) is 11.3 Å². The average Bonchev–Trinajstić information content (AvgIpc) is 2.73. The second-order valence-electron chi connectivity index (χ2n) is 3.71. The summed E-state index contributed by atoms with van der Waals surface area (Å²) in [4.78, 5) is 7.90. The molecule has 0 saturated carbocycles. The van der Waals surface area contributed by atoms with Crippen molar-refractivity contribution < 1.29 is 5.11 Å². The van der Waals surface area contributed by atoms with E-state index in [-0.39, 0.29) is 11.8 Å². The third kappa shape index (κ3) is 1.68. The van der Waals surface area contributed by atoms with E-state index in [1.807, 2.05) is 29.6 Å². The highest BCUT2D eigenvalue weighted by Crippen LogP contribution is 2.39. The van der Waals surface area contributed by atoms with Gasteiger partial charge in [-0.25, -0.2) is 4.98 Å². The topological polar surface area (TPSA) is 72.0 Å². The Morgan fingerprint density at radius 3 is 2.72 bits per heavy atom. The number of aromatic nitrogens is 2. The number of anilines is 1.